The van der Waals surface area contributed by atoms with Crippen LogP contribution < -0.4 is 5.32 Å². The van der Waals surface area contributed by atoms with Crippen molar-refractivity contribution in [3.05, 3.63) is 29.8 Å². The van der Waals surface area contributed by atoms with Crippen LogP contribution in [0.4, 0.5) is 23.7 Å². The number of amides is 2. The van der Waals surface area contributed by atoms with E-state index in [1.165, 1.54) is 30.1 Å². The zero-order valence-electron chi connectivity index (χ0n) is 11.0. The van der Waals surface area contributed by atoms with Crippen molar-refractivity contribution < 1.29 is 18.0 Å². The highest BCUT2D eigenvalue weighted by Gasteiger charge is 2.33. The molecule has 0 saturated carbocycles. The van der Waals surface area contributed by atoms with E-state index >= 15 is 0 Å². The van der Waals surface area contributed by atoms with Crippen LogP contribution >= 0.6 is 0 Å². The first kappa shape index (κ1) is 15.8. The van der Waals surface area contributed by atoms with Crippen LogP contribution in [-0.2, 0) is 6.18 Å². The lowest BCUT2D eigenvalue weighted by molar-refractivity contribution is -0.136. The summed E-state index contributed by atoms with van der Waals surface area (Å²) in [6.07, 6.45) is -4.44. The average Bonchev–Trinajstić information content (AvgIpc) is 2.37. The van der Waals surface area contributed by atoms with Crippen LogP contribution in [0, 0.1) is 11.3 Å². The van der Waals surface area contributed by atoms with Gasteiger partial charge in [-0.1, -0.05) is 12.1 Å². The molecule has 0 aromatic heterocycles. The summed E-state index contributed by atoms with van der Waals surface area (Å²) in [5, 5.41) is 10.8. The van der Waals surface area contributed by atoms with Crippen molar-refractivity contribution in [1.29, 1.82) is 5.26 Å². The summed E-state index contributed by atoms with van der Waals surface area (Å²) in [4.78, 5) is 13.0. The minimum Gasteiger partial charge on any atom is -0.324 e. The SMILES string of the molecule is CC(CC#N)N(C)C(=O)Nc1ccccc1C(F)(F)F. The quantitative estimate of drug-likeness (QED) is 0.924. The molecule has 1 N–H and O–H groups in total. The molecule has 0 aliphatic carbocycles. The summed E-state index contributed by atoms with van der Waals surface area (Å²) in [6, 6.07) is 5.56. The highest BCUT2D eigenvalue weighted by molar-refractivity contribution is 5.90. The molecule has 1 atom stereocenters. The molecule has 20 heavy (non-hydrogen) atoms. The van der Waals surface area contributed by atoms with Crippen LogP contribution in [0.1, 0.15) is 18.9 Å². The van der Waals surface area contributed by atoms with Crippen LogP contribution in [0.3, 0.4) is 0 Å². The molecule has 4 nitrogen and oxygen atoms in total. The van der Waals surface area contributed by atoms with Crippen molar-refractivity contribution in [3.63, 3.8) is 0 Å². The second-order valence-electron chi connectivity index (χ2n) is 4.30. The molecule has 1 unspecified atom stereocenters. The number of hydrogen-bond acceptors (Lipinski definition) is 2. The number of rotatable bonds is 3. The predicted molar refractivity (Wildman–Crippen MR) is 67.9 cm³/mol. The van der Waals surface area contributed by atoms with Crippen molar-refractivity contribution in [3.8, 4) is 6.07 Å². The van der Waals surface area contributed by atoms with Crippen molar-refractivity contribution in [1.82, 2.24) is 4.90 Å². The fourth-order valence-corrected chi connectivity index (χ4v) is 1.51. The Balaban J connectivity index is 2.90. The molecule has 1 aromatic rings. The van der Waals surface area contributed by atoms with E-state index in [2.05, 4.69) is 5.32 Å². The highest BCUT2D eigenvalue weighted by atomic mass is 19.4. The Hall–Kier alpha value is -2.23. The molecular weight excluding hydrogens is 271 g/mol. The molecule has 0 fully saturated rings. The summed E-state index contributed by atoms with van der Waals surface area (Å²) >= 11 is 0. The van der Waals surface area contributed by atoms with E-state index in [-0.39, 0.29) is 12.1 Å². The van der Waals surface area contributed by atoms with Crippen molar-refractivity contribution in [2.24, 2.45) is 0 Å². The zero-order chi connectivity index (χ0) is 15.3. The van der Waals surface area contributed by atoms with E-state index < -0.39 is 23.8 Å². The first-order chi connectivity index (χ1) is 9.27. The molecule has 0 heterocycles. The van der Waals surface area contributed by atoms with E-state index in [4.69, 9.17) is 5.26 Å². The normalized spacial score (nSPS) is 12.4. The first-order valence-electron chi connectivity index (χ1n) is 5.84. The molecule has 1 aromatic carbocycles. The summed E-state index contributed by atoms with van der Waals surface area (Å²) in [5.41, 5.74) is -1.21. The van der Waals surface area contributed by atoms with Gasteiger partial charge in [0.2, 0.25) is 0 Å². The highest BCUT2D eigenvalue weighted by Crippen LogP contribution is 2.34. The molecular formula is C13H14F3N3O. The maximum atomic E-state index is 12.8. The van der Waals surface area contributed by atoms with Gasteiger partial charge in [0, 0.05) is 13.1 Å². The molecule has 108 valence electrons. The van der Waals surface area contributed by atoms with Crippen LogP contribution in [0.2, 0.25) is 0 Å². The van der Waals surface area contributed by atoms with Gasteiger partial charge in [0.15, 0.2) is 0 Å². The average molecular weight is 285 g/mol. The fourth-order valence-electron chi connectivity index (χ4n) is 1.51. The predicted octanol–water partition coefficient (Wildman–Crippen LogP) is 3.47. The molecule has 0 saturated heterocycles. The second-order valence-corrected chi connectivity index (χ2v) is 4.30. The van der Waals surface area contributed by atoms with Crippen molar-refractivity contribution in [2.75, 3.05) is 12.4 Å². The van der Waals surface area contributed by atoms with E-state index in [1.54, 1.807) is 6.92 Å². The van der Waals surface area contributed by atoms with Crippen LogP contribution in [0.25, 0.3) is 0 Å². The Morgan fingerprint density at radius 3 is 2.60 bits per heavy atom. The summed E-state index contributed by atoms with van der Waals surface area (Å²) in [6.45, 7) is 1.64. The topological polar surface area (TPSA) is 56.1 Å². The monoisotopic (exact) mass is 285 g/mol. The maximum absolute atomic E-state index is 12.8. The number of nitriles is 1. The van der Waals surface area contributed by atoms with Crippen LogP contribution in [-0.4, -0.2) is 24.0 Å². The standard InChI is InChI=1S/C13H14F3N3O/c1-9(7-8-17)19(2)12(20)18-11-6-4-3-5-10(11)13(14,15)16/h3-6,9H,7H2,1-2H3,(H,18,20). The number of anilines is 1. The number of hydrogen-bond donors (Lipinski definition) is 1. The third-order valence-corrected chi connectivity index (χ3v) is 2.84. The molecule has 0 aliphatic rings. The number of para-hydroxylation sites is 1. The second kappa shape index (κ2) is 6.28. The van der Waals surface area contributed by atoms with Gasteiger partial charge >= 0.3 is 12.2 Å². The minimum absolute atomic E-state index is 0.102. The van der Waals surface area contributed by atoms with Crippen LogP contribution in [0.15, 0.2) is 24.3 Å². The van der Waals surface area contributed by atoms with E-state index in [0.29, 0.717) is 0 Å². The molecule has 0 spiro atoms. The van der Waals surface area contributed by atoms with Gasteiger partial charge in [0.1, 0.15) is 0 Å². The van der Waals surface area contributed by atoms with Gasteiger partial charge < -0.3 is 10.2 Å². The lowest BCUT2D eigenvalue weighted by atomic mass is 10.1. The summed E-state index contributed by atoms with van der Waals surface area (Å²) in [5.74, 6) is 0. The number of benzene rings is 1. The Morgan fingerprint density at radius 2 is 2.05 bits per heavy atom. The number of nitrogens with zero attached hydrogens (tertiary/aromatic N) is 2. The van der Waals surface area contributed by atoms with Gasteiger partial charge in [-0.05, 0) is 19.1 Å². The van der Waals surface area contributed by atoms with E-state index in [9.17, 15) is 18.0 Å². The van der Waals surface area contributed by atoms with Gasteiger partial charge in [0.05, 0.1) is 23.7 Å². The summed E-state index contributed by atoms with van der Waals surface area (Å²) < 4.78 is 38.3. The first-order valence-corrected chi connectivity index (χ1v) is 5.84. The smallest absolute Gasteiger partial charge is 0.324 e. The number of carbonyl (C=O) groups is 1. The Morgan fingerprint density at radius 1 is 1.45 bits per heavy atom. The molecule has 2 amide bonds. The molecule has 7 heteroatoms. The minimum atomic E-state index is -4.54. The third-order valence-electron chi connectivity index (χ3n) is 2.84. The van der Waals surface area contributed by atoms with Gasteiger partial charge in [-0.3, -0.25) is 0 Å². The van der Waals surface area contributed by atoms with Crippen molar-refractivity contribution in [2.45, 2.75) is 25.6 Å². The Kier molecular flexibility index (Phi) is 4.97. The zero-order valence-corrected chi connectivity index (χ0v) is 11.0. The molecule has 0 bridgehead atoms. The lowest BCUT2D eigenvalue weighted by Gasteiger charge is -2.24. The van der Waals surface area contributed by atoms with Gasteiger partial charge in [-0.25, -0.2) is 4.79 Å². The van der Waals surface area contributed by atoms with Gasteiger partial charge in [-0.2, -0.15) is 18.4 Å². The van der Waals surface area contributed by atoms with E-state index in [1.807, 2.05) is 6.07 Å². The Bertz CT molecular complexity index is 522. The number of alkyl halides is 3. The Labute approximate surface area is 114 Å². The molecule has 0 radical (unpaired) electrons. The molecule has 0 aliphatic heterocycles. The number of nitrogens with one attached hydrogen (secondary N) is 1. The van der Waals surface area contributed by atoms with Crippen molar-refractivity contribution >= 4 is 11.7 Å². The third kappa shape index (κ3) is 3.88. The largest absolute Gasteiger partial charge is 0.418 e. The molecule has 1 rings (SSSR count). The van der Waals surface area contributed by atoms with Gasteiger partial charge in [-0.15, -0.1) is 0 Å². The maximum Gasteiger partial charge on any atom is 0.418 e. The van der Waals surface area contributed by atoms with Gasteiger partial charge in [0.25, 0.3) is 0 Å². The lowest BCUT2D eigenvalue weighted by Crippen LogP contribution is -2.38. The number of urea groups is 1. The fraction of sp³-hybridized carbons (Fsp3) is 0.385. The number of carbonyl (C=O) groups excluding carboxylic acids is 1. The number of halogens is 3. The van der Waals surface area contributed by atoms with E-state index in [0.717, 1.165) is 6.07 Å². The summed E-state index contributed by atoms with van der Waals surface area (Å²) in [7, 11) is 1.42. The van der Waals surface area contributed by atoms with Crippen LogP contribution in [0.5, 0.6) is 0 Å².